The van der Waals surface area contributed by atoms with Crippen LogP contribution in [0.2, 0.25) is 0 Å². The van der Waals surface area contributed by atoms with E-state index in [1.165, 1.54) is 6.92 Å². The molecule has 0 aliphatic rings. The molecule has 3 amide bonds. The highest BCUT2D eigenvalue weighted by Gasteiger charge is 2.29. The number of benzene rings is 2. The summed E-state index contributed by atoms with van der Waals surface area (Å²) in [5.74, 6) is -1.49. The Morgan fingerprint density at radius 2 is 1.73 bits per heavy atom. The number of halogens is 1. The third-order valence-electron chi connectivity index (χ3n) is 4.24. The zero-order valence-corrected chi connectivity index (χ0v) is 18.0. The fourth-order valence-corrected chi connectivity index (χ4v) is 3.13. The highest BCUT2D eigenvalue weighted by Crippen LogP contribution is 2.13. The third kappa shape index (κ3) is 7.49. The van der Waals surface area contributed by atoms with Crippen LogP contribution < -0.4 is 16.4 Å². The molecule has 9 heteroatoms. The fourth-order valence-electron chi connectivity index (χ4n) is 2.68. The molecule has 30 heavy (non-hydrogen) atoms. The summed E-state index contributed by atoms with van der Waals surface area (Å²) in [5, 5.41) is 14.7. The topological polar surface area (TPSA) is 131 Å². The minimum atomic E-state index is -1.32. The van der Waals surface area contributed by atoms with Crippen molar-refractivity contribution in [3.05, 3.63) is 70.2 Å². The fraction of sp³-hybridized carbons (Fsp3) is 0.286. The van der Waals surface area contributed by atoms with Crippen molar-refractivity contribution in [2.45, 2.75) is 38.1 Å². The highest BCUT2D eigenvalue weighted by atomic mass is 79.9. The normalized spacial score (nSPS) is 13.6. The Hall–Kier alpha value is -2.91. The molecule has 0 aliphatic heterocycles. The summed E-state index contributed by atoms with van der Waals surface area (Å²) in [6.45, 7) is 1.35. The van der Waals surface area contributed by atoms with Crippen LogP contribution in [-0.4, -0.2) is 41.2 Å². The number of amides is 3. The largest absolute Gasteiger partial charge is 0.445 e. The molecule has 2 aromatic rings. The maximum atomic E-state index is 12.6. The Kier molecular flexibility index (Phi) is 8.82. The first kappa shape index (κ1) is 23.4. The second-order valence-electron chi connectivity index (χ2n) is 6.72. The maximum absolute atomic E-state index is 12.6. The van der Waals surface area contributed by atoms with Gasteiger partial charge in [-0.3, -0.25) is 9.59 Å². The van der Waals surface area contributed by atoms with Gasteiger partial charge in [0.2, 0.25) is 11.8 Å². The molecule has 0 fully saturated rings. The van der Waals surface area contributed by atoms with Crippen LogP contribution in [0.15, 0.2) is 59.1 Å². The molecule has 2 aromatic carbocycles. The first-order chi connectivity index (χ1) is 14.3. The van der Waals surface area contributed by atoms with E-state index in [1.54, 1.807) is 42.5 Å². The number of aliphatic hydroxyl groups is 1. The first-order valence-electron chi connectivity index (χ1n) is 9.25. The van der Waals surface area contributed by atoms with Gasteiger partial charge in [-0.05, 0) is 30.2 Å². The van der Waals surface area contributed by atoms with Gasteiger partial charge in [0, 0.05) is 10.9 Å². The van der Waals surface area contributed by atoms with Gasteiger partial charge in [0.15, 0.2) is 0 Å². The Balaban J connectivity index is 1.98. The molecule has 0 aromatic heterocycles. The molecule has 0 aliphatic carbocycles. The third-order valence-corrected chi connectivity index (χ3v) is 4.73. The molecule has 5 N–H and O–H groups in total. The van der Waals surface area contributed by atoms with Gasteiger partial charge >= 0.3 is 6.09 Å². The van der Waals surface area contributed by atoms with Crippen LogP contribution in [0.4, 0.5) is 4.79 Å². The second-order valence-corrected chi connectivity index (χ2v) is 7.64. The molecule has 0 bridgehead atoms. The van der Waals surface area contributed by atoms with Gasteiger partial charge in [-0.25, -0.2) is 4.79 Å². The zero-order valence-electron chi connectivity index (χ0n) is 16.4. The number of nitrogens with one attached hydrogen (secondary N) is 2. The summed E-state index contributed by atoms with van der Waals surface area (Å²) in [6.07, 6.45) is -1.94. The van der Waals surface area contributed by atoms with Crippen LogP contribution in [0, 0.1) is 0 Å². The van der Waals surface area contributed by atoms with Crippen molar-refractivity contribution in [1.82, 2.24) is 10.6 Å². The van der Waals surface area contributed by atoms with E-state index in [2.05, 4.69) is 26.6 Å². The van der Waals surface area contributed by atoms with Crippen molar-refractivity contribution in [1.29, 1.82) is 0 Å². The smallest absolute Gasteiger partial charge is 0.408 e. The first-order valence-corrected chi connectivity index (χ1v) is 10.0. The Morgan fingerprint density at radius 3 is 2.33 bits per heavy atom. The van der Waals surface area contributed by atoms with Crippen LogP contribution in [-0.2, 0) is 27.4 Å². The predicted octanol–water partition coefficient (Wildman–Crippen LogP) is 1.64. The average molecular weight is 478 g/mol. The monoisotopic (exact) mass is 477 g/mol. The van der Waals surface area contributed by atoms with E-state index < -0.39 is 36.1 Å². The van der Waals surface area contributed by atoms with E-state index in [9.17, 15) is 19.5 Å². The minimum Gasteiger partial charge on any atom is -0.445 e. The molecular weight excluding hydrogens is 454 g/mol. The lowest BCUT2D eigenvalue weighted by Crippen LogP contribution is -2.57. The summed E-state index contributed by atoms with van der Waals surface area (Å²) >= 11 is 3.34. The lowest BCUT2D eigenvalue weighted by molar-refractivity contribution is -0.130. The van der Waals surface area contributed by atoms with E-state index in [-0.39, 0.29) is 13.0 Å². The van der Waals surface area contributed by atoms with E-state index >= 15 is 0 Å². The standard InChI is InChI=1S/C21H24BrN3O5/c1-13(26)18(25-21(29)30-12-14-6-3-2-4-7-14)20(28)24-17(19(23)27)11-15-8-5-9-16(22)10-15/h2-10,13,17-18,26H,11-12H2,1H3,(H2,23,27)(H,24,28)(H,25,29)/t13-,17+,18+/m1/s1. The van der Waals surface area contributed by atoms with Crippen molar-refractivity contribution >= 4 is 33.8 Å². The van der Waals surface area contributed by atoms with Crippen molar-refractivity contribution < 1.29 is 24.2 Å². The second kappa shape index (κ2) is 11.3. The molecule has 0 unspecified atom stereocenters. The summed E-state index contributed by atoms with van der Waals surface area (Å²) in [4.78, 5) is 36.5. The molecule has 0 spiro atoms. The summed E-state index contributed by atoms with van der Waals surface area (Å²) in [7, 11) is 0. The van der Waals surface area contributed by atoms with Gasteiger partial charge < -0.3 is 26.2 Å². The number of carbonyl (C=O) groups is 3. The Labute approximate surface area is 182 Å². The van der Waals surface area contributed by atoms with Crippen LogP contribution in [0.25, 0.3) is 0 Å². The molecule has 0 saturated carbocycles. The molecular formula is C21H24BrN3O5. The van der Waals surface area contributed by atoms with E-state index in [0.717, 1.165) is 15.6 Å². The van der Waals surface area contributed by atoms with Crippen molar-refractivity contribution in [2.75, 3.05) is 0 Å². The predicted molar refractivity (Wildman–Crippen MR) is 114 cm³/mol. The molecule has 0 saturated heterocycles. The SMILES string of the molecule is C[C@@H](O)[C@H](NC(=O)OCc1ccccc1)C(=O)N[C@@H](Cc1cccc(Br)c1)C(N)=O. The number of carbonyl (C=O) groups excluding carboxylic acids is 3. The molecule has 2 rings (SSSR count). The molecule has 160 valence electrons. The molecule has 0 heterocycles. The number of alkyl carbamates (subject to hydrolysis) is 1. The Morgan fingerprint density at radius 1 is 1.07 bits per heavy atom. The average Bonchev–Trinajstić information content (AvgIpc) is 2.70. The number of rotatable bonds is 9. The highest BCUT2D eigenvalue weighted by molar-refractivity contribution is 9.10. The van der Waals surface area contributed by atoms with Crippen molar-refractivity contribution in [3.63, 3.8) is 0 Å². The van der Waals surface area contributed by atoms with Crippen molar-refractivity contribution in [3.8, 4) is 0 Å². The summed E-state index contributed by atoms with van der Waals surface area (Å²) in [6, 6.07) is 13.9. The summed E-state index contributed by atoms with van der Waals surface area (Å²) < 4.78 is 5.90. The van der Waals surface area contributed by atoms with Crippen molar-refractivity contribution in [2.24, 2.45) is 5.73 Å². The van der Waals surface area contributed by atoms with Crippen LogP contribution >= 0.6 is 15.9 Å². The Bertz CT molecular complexity index is 876. The number of nitrogens with two attached hydrogens (primary N) is 1. The zero-order chi connectivity index (χ0) is 22.1. The van der Waals surface area contributed by atoms with Gasteiger partial charge in [-0.15, -0.1) is 0 Å². The van der Waals surface area contributed by atoms with Gasteiger partial charge in [0.1, 0.15) is 18.7 Å². The number of primary amides is 1. The minimum absolute atomic E-state index is 0.00756. The lowest BCUT2D eigenvalue weighted by atomic mass is 10.0. The number of ether oxygens (including phenoxy) is 1. The van der Waals surface area contributed by atoms with Gasteiger partial charge in [0.25, 0.3) is 0 Å². The van der Waals surface area contributed by atoms with Crippen LogP contribution in [0.3, 0.4) is 0 Å². The van der Waals surface area contributed by atoms with E-state index in [4.69, 9.17) is 10.5 Å². The summed E-state index contributed by atoms with van der Waals surface area (Å²) in [5.41, 5.74) is 6.97. The van der Waals surface area contributed by atoms with E-state index in [1.807, 2.05) is 12.1 Å². The van der Waals surface area contributed by atoms with Gasteiger partial charge in [0.05, 0.1) is 6.10 Å². The molecule has 0 radical (unpaired) electrons. The van der Waals surface area contributed by atoms with Crippen LogP contribution in [0.5, 0.6) is 0 Å². The maximum Gasteiger partial charge on any atom is 0.408 e. The van der Waals surface area contributed by atoms with E-state index in [0.29, 0.717) is 0 Å². The lowest BCUT2D eigenvalue weighted by Gasteiger charge is -2.23. The number of hydrogen-bond donors (Lipinski definition) is 4. The van der Waals surface area contributed by atoms with Gasteiger partial charge in [-0.1, -0.05) is 58.4 Å². The number of hydrogen-bond acceptors (Lipinski definition) is 5. The van der Waals surface area contributed by atoms with Crippen LogP contribution in [0.1, 0.15) is 18.1 Å². The molecule has 8 nitrogen and oxygen atoms in total. The van der Waals surface area contributed by atoms with Gasteiger partial charge in [-0.2, -0.15) is 0 Å². The quantitative estimate of drug-likeness (QED) is 0.435. The number of aliphatic hydroxyl groups excluding tert-OH is 1. The molecule has 3 atom stereocenters.